The van der Waals surface area contributed by atoms with Crippen LogP contribution in [-0.2, 0) is 4.79 Å². The topological polar surface area (TPSA) is 46.3 Å². The standard InChI is InChI=1S/C14H28N2O/c1-11(9-13-7-5-4-6-8-13)14(17)16(3)12(2)10-15/h11-13H,4-10,15H2,1-3H3. The third-order valence-corrected chi connectivity index (χ3v) is 4.18. The van der Waals surface area contributed by atoms with Gasteiger partial charge in [-0.3, -0.25) is 4.79 Å². The molecule has 1 rings (SSSR count). The van der Waals surface area contributed by atoms with Crippen molar-refractivity contribution in [1.29, 1.82) is 0 Å². The first-order valence-corrected chi connectivity index (χ1v) is 7.03. The normalized spacial score (nSPS) is 20.9. The molecule has 1 fully saturated rings. The van der Waals surface area contributed by atoms with E-state index in [-0.39, 0.29) is 17.9 Å². The highest BCUT2D eigenvalue weighted by Crippen LogP contribution is 2.29. The molecule has 3 heteroatoms. The van der Waals surface area contributed by atoms with Crippen LogP contribution < -0.4 is 5.73 Å². The van der Waals surface area contributed by atoms with Crippen molar-refractivity contribution in [2.24, 2.45) is 17.6 Å². The summed E-state index contributed by atoms with van der Waals surface area (Å²) in [6.45, 7) is 4.61. The summed E-state index contributed by atoms with van der Waals surface area (Å²) < 4.78 is 0. The van der Waals surface area contributed by atoms with Crippen molar-refractivity contribution in [3.8, 4) is 0 Å². The average Bonchev–Trinajstić information content (AvgIpc) is 2.37. The van der Waals surface area contributed by atoms with E-state index in [2.05, 4.69) is 6.92 Å². The lowest BCUT2D eigenvalue weighted by molar-refractivity contribution is -0.136. The highest BCUT2D eigenvalue weighted by Gasteiger charge is 2.24. The molecule has 0 aromatic carbocycles. The lowest BCUT2D eigenvalue weighted by atomic mass is 9.83. The Morgan fingerprint density at radius 2 is 1.88 bits per heavy atom. The molecule has 1 aliphatic carbocycles. The summed E-state index contributed by atoms with van der Waals surface area (Å²) >= 11 is 0. The second kappa shape index (κ2) is 7.00. The fourth-order valence-electron chi connectivity index (χ4n) is 2.75. The first-order chi connectivity index (χ1) is 8.06. The summed E-state index contributed by atoms with van der Waals surface area (Å²) in [5.74, 6) is 1.18. The maximum atomic E-state index is 12.2. The SMILES string of the molecule is CC(CC1CCCCC1)C(=O)N(C)C(C)CN. The van der Waals surface area contributed by atoms with Crippen LogP contribution in [0, 0.1) is 11.8 Å². The summed E-state index contributed by atoms with van der Waals surface area (Å²) in [4.78, 5) is 14.0. The molecule has 0 radical (unpaired) electrons. The highest BCUT2D eigenvalue weighted by molar-refractivity contribution is 5.78. The van der Waals surface area contributed by atoms with Gasteiger partial charge in [0.1, 0.15) is 0 Å². The number of carbonyl (C=O) groups is 1. The molecule has 0 aromatic rings. The van der Waals surface area contributed by atoms with Gasteiger partial charge in [0.2, 0.25) is 5.91 Å². The molecule has 3 nitrogen and oxygen atoms in total. The van der Waals surface area contributed by atoms with Crippen LogP contribution in [0.15, 0.2) is 0 Å². The fraction of sp³-hybridized carbons (Fsp3) is 0.929. The van der Waals surface area contributed by atoms with E-state index < -0.39 is 0 Å². The number of nitrogens with two attached hydrogens (primary N) is 1. The summed E-state index contributed by atoms with van der Waals surface area (Å²) in [6, 6.07) is 0.149. The highest BCUT2D eigenvalue weighted by atomic mass is 16.2. The second-order valence-electron chi connectivity index (χ2n) is 5.67. The maximum absolute atomic E-state index is 12.2. The number of hydrogen-bond donors (Lipinski definition) is 1. The van der Waals surface area contributed by atoms with Crippen molar-refractivity contribution in [3.05, 3.63) is 0 Å². The van der Waals surface area contributed by atoms with Crippen LogP contribution in [0.4, 0.5) is 0 Å². The Balaban J connectivity index is 2.40. The van der Waals surface area contributed by atoms with Crippen LogP contribution in [0.5, 0.6) is 0 Å². The lowest BCUT2D eigenvalue weighted by Crippen LogP contribution is -2.42. The van der Waals surface area contributed by atoms with Crippen molar-refractivity contribution in [1.82, 2.24) is 4.90 Å². The van der Waals surface area contributed by atoms with Crippen molar-refractivity contribution < 1.29 is 4.79 Å². The fourth-order valence-corrected chi connectivity index (χ4v) is 2.75. The Kier molecular flexibility index (Phi) is 5.96. The molecule has 17 heavy (non-hydrogen) atoms. The van der Waals surface area contributed by atoms with Gasteiger partial charge in [0.25, 0.3) is 0 Å². The second-order valence-corrected chi connectivity index (χ2v) is 5.67. The van der Waals surface area contributed by atoms with E-state index in [1.165, 1.54) is 32.1 Å². The van der Waals surface area contributed by atoms with Crippen LogP contribution >= 0.6 is 0 Å². The molecular weight excluding hydrogens is 212 g/mol. The van der Waals surface area contributed by atoms with Crippen LogP contribution in [0.2, 0.25) is 0 Å². The van der Waals surface area contributed by atoms with E-state index in [0.29, 0.717) is 6.54 Å². The molecule has 1 aliphatic rings. The van der Waals surface area contributed by atoms with Gasteiger partial charge in [-0.15, -0.1) is 0 Å². The Morgan fingerprint density at radius 1 is 1.29 bits per heavy atom. The van der Waals surface area contributed by atoms with Crippen LogP contribution in [0.3, 0.4) is 0 Å². The minimum absolute atomic E-state index is 0.149. The molecule has 0 spiro atoms. The number of likely N-dealkylation sites (N-methyl/N-ethyl adjacent to an activating group) is 1. The zero-order valence-corrected chi connectivity index (χ0v) is 11.6. The molecule has 0 aliphatic heterocycles. The first-order valence-electron chi connectivity index (χ1n) is 7.03. The van der Waals surface area contributed by atoms with Crippen LogP contribution in [0.25, 0.3) is 0 Å². The molecule has 1 amide bonds. The van der Waals surface area contributed by atoms with E-state index >= 15 is 0 Å². The molecular formula is C14H28N2O. The molecule has 2 atom stereocenters. The van der Waals surface area contributed by atoms with Gasteiger partial charge in [-0.1, -0.05) is 39.0 Å². The van der Waals surface area contributed by atoms with E-state index in [4.69, 9.17) is 5.73 Å². The minimum atomic E-state index is 0.149. The summed E-state index contributed by atoms with van der Waals surface area (Å²) in [5, 5.41) is 0. The molecule has 100 valence electrons. The molecule has 2 unspecified atom stereocenters. The van der Waals surface area contributed by atoms with Crippen molar-refractivity contribution in [3.63, 3.8) is 0 Å². The van der Waals surface area contributed by atoms with Crippen LogP contribution in [-0.4, -0.2) is 30.4 Å². The Bertz CT molecular complexity index is 236. The smallest absolute Gasteiger partial charge is 0.225 e. The number of carbonyl (C=O) groups excluding carboxylic acids is 1. The zero-order chi connectivity index (χ0) is 12.8. The summed E-state index contributed by atoms with van der Waals surface area (Å²) in [5.41, 5.74) is 5.60. The third kappa shape index (κ3) is 4.30. The molecule has 0 aromatic heterocycles. The molecule has 0 saturated heterocycles. The first kappa shape index (κ1) is 14.5. The Hall–Kier alpha value is -0.570. The van der Waals surface area contributed by atoms with E-state index in [1.54, 1.807) is 0 Å². The molecule has 2 N–H and O–H groups in total. The predicted molar refractivity (Wildman–Crippen MR) is 71.6 cm³/mol. The van der Waals surface area contributed by atoms with Gasteiger partial charge in [-0.25, -0.2) is 0 Å². The third-order valence-electron chi connectivity index (χ3n) is 4.18. The van der Waals surface area contributed by atoms with Gasteiger partial charge in [-0.2, -0.15) is 0 Å². The minimum Gasteiger partial charge on any atom is -0.342 e. The number of nitrogens with zero attached hydrogens (tertiary/aromatic N) is 1. The van der Waals surface area contributed by atoms with E-state index in [9.17, 15) is 4.79 Å². The van der Waals surface area contributed by atoms with E-state index in [1.807, 2.05) is 18.9 Å². The number of amides is 1. The lowest BCUT2D eigenvalue weighted by Gasteiger charge is -2.29. The predicted octanol–water partition coefficient (Wildman–Crippen LogP) is 2.40. The van der Waals surface area contributed by atoms with Crippen molar-refractivity contribution >= 4 is 5.91 Å². The maximum Gasteiger partial charge on any atom is 0.225 e. The van der Waals surface area contributed by atoms with E-state index in [0.717, 1.165) is 12.3 Å². The van der Waals surface area contributed by atoms with Gasteiger partial charge in [0.15, 0.2) is 0 Å². The van der Waals surface area contributed by atoms with Gasteiger partial charge >= 0.3 is 0 Å². The average molecular weight is 240 g/mol. The van der Waals surface area contributed by atoms with Gasteiger partial charge < -0.3 is 10.6 Å². The molecule has 0 heterocycles. The van der Waals surface area contributed by atoms with Gasteiger partial charge in [-0.05, 0) is 19.3 Å². The van der Waals surface area contributed by atoms with Crippen LogP contribution in [0.1, 0.15) is 52.4 Å². The number of rotatable bonds is 5. The monoisotopic (exact) mass is 240 g/mol. The molecule has 1 saturated carbocycles. The van der Waals surface area contributed by atoms with Crippen molar-refractivity contribution in [2.75, 3.05) is 13.6 Å². The number of hydrogen-bond acceptors (Lipinski definition) is 2. The molecule has 0 bridgehead atoms. The van der Waals surface area contributed by atoms with Gasteiger partial charge in [0.05, 0.1) is 0 Å². The zero-order valence-electron chi connectivity index (χ0n) is 11.6. The Labute approximate surface area is 106 Å². The van der Waals surface area contributed by atoms with Gasteiger partial charge in [0, 0.05) is 25.6 Å². The van der Waals surface area contributed by atoms with Crippen molar-refractivity contribution in [2.45, 2.75) is 58.4 Å². The summed E-state index contributed by atoms with van der Waals surface area (Å²) in [7, 11) is 1.87. The largest absolute Gasteiger partial charge is 0.342 e. The Morgan fingerprint density at radius 3 is 2.41 bits per heavy atom. The quantitative estimate of drug-likeness (QED) is 0.802. The summed E-state index contributed by atoms with van der Waals surface area (Å²) in [6.07, 6.45) is 7.76.